The fourth-order valence-corrected chi connectivity index (χ4v) is 10.3. The number of hydrogen-bond acceptors (Lipinski definition) is 6. The molecule has 2 aromatic rings. The Hall–Kier alpha value is -1.36. The molecule has 2 aromatic carbocycles. The summed E-state index contributed by atoms with van der Waals surface area (Å²) >= 11 is 17.5. The fourth-order valence-electron chi connectivity index (χ4n) is 5.58. The zero-order chi connectivity index (χ0) is 29.3. The van der Waals surface area contributed by atoms with Gasteiger partial charge in [-0.05, 0) is 29.3 Å². The van der Waals surface area contributed by atoms with E-state index in [1.807, 2.05) is 57.2 Å². The number of amides is 1. The van der Waals surface area contributed by atoms with Crippen LogP contribution in [0.25, 0.3) is 0 Å². The molecule has 7 nitrogen and oxygen atoms in total. The molecule has 11 heteroatoms. The van der Waals surface area contributed by atoms with E-state index in [0.717, 1.165) is 10.4 Å². The van der Waals surface area contributed by atoms with Crippen LogP contribution in [-0.4, -0.2) is 61.7 Å². The van der Waals surface area contributed by atoms with E-state index in [1.54, 1.807) is 0 Å². The highest BCUT2D eigenvalue weighted by atomic mass is 35.6. The zero-order valence-electron chi connectivity index (χ0n) is 23.7. The molecule has 4 rings (SSSR count). The number of alkyl carbamates (subject to hydrolysis) is 1. The summed E-state index contributed by atoms with van der Waals surface area (Å²) in [6, 6.07) is 19.8. The van der Waals surface area contributed by atoms with Crippen molar-refractivity contribution < 1.29 is 28.2 Å². The molecule has 0 spiro atoms. The van der Waals surface area contributed by atoms with Gasteiger partial charge in [-0.25, -0.2) is 4.79 Å². The molecule has 0 aliphatic carbocycles. The minimum absolute atomic E-state index is 0.231. The van der Waals surface area contributed by atoms with Crippen molar-refractivity contribution >= 4 is 59.6 Å². The lowest BCUT2D eigenvalue weighted by atomic mass is 9.88. The van der Waals surface area contributed by atoms with Gasteiger partial charge in [0.05, 0.1) is 18.8 Å². The summed E-state index contributed by atoms with van der Waals surface area (Å²) < 4.78 is 29.6. The van der Waals surface area contributed by atoms with Crippen LogP contribution in [-0.2, 0) is 23.4 Å². The van der Waals surface area contributed by atoms with E-state index in [4.69, 9.17) is 58.2 Å². The second-order valence-corrected chi connectivity index (χ2v) is 18.6. The Bertz CT molecular complexity index is 1100. The van der Waals surface area contributed by atoms with Crippen molar-refractivity contribution in [1.82, 2.24) is 5.32 Å². The lowest BCUT2D eigenvalue weighted by molar-refractivity contribution is -0.354. The number of carbonyl (C=O) groups is 1. The third-order valence-corrected chi connectivity index (χ3v) is 12.7. The molecule has 5 atom stereocenters. The van der Waals surface area contributed by atoms with Gasteiger partial charge < -0.3 is 28.7 Å². The summed E-state index contributed by atoms with van der Waals surface area (Å²) in [6.45, 7) is 12.2. The number of benzene rings is 2. The summed E-state index contributed by atoms with van der Waals surface area (Å²) in [7, 11) is -3.05. The topological polar surface area (TPSA) is 75.3 Å². The number of halogens is 3. The van der Waals surface area contributed by atoms with Gasteiger partial charge in [-0.1, -0.05) is 123 Å². The number of carbonyl (C=O) groups excluding carboxylic acids is 1. The third-order valence-electron chi connectivity index (χ3n) is 7.43. The summed E-state index contributed by atoms with van der Waals surface area (Å²) in [5.74, 6) is -1.03. The van der Waals surface area contributed by atoms with E-state index < -0.39 is 49.0 Å². The van der Waals surface area contributed by atoms with Crippen LogP contribution >= 0.6 is 34.8 Å². The van der Waals surface area contributed by atoms with E-state index in [-0.39, 0.29) is 17.1 Å². The van der Waals surface area contributed by atoms with Crippen LogP contribution in [0.4, 0.5) is 4.79 Å². The first kappa shape index (κ1) is 31.6. The van der Waals surface area contributed by atoms with Crippen molar-refractivity contribution in [3.63, 3.8) is 0 Å². The molecule has 2 aliphatic heterocycles. The molecule has 2 heterocycles. The minimum atomic E-state index is -3.05. The lowest BCUT2D eigenvalue weighted by Crippen LogP contribution is -2.72. The standard InChI is InChI=1S/C29H38Cl3NO6Si/c1-19-23(33-26(34)35-18-29(30,31)32)25(37-22-17-36-28(5,6)38-24(19)22)39-40(27(2,3)4,20-13-9-7-10-14-20)21-15-11-8-12-16-21/h7-16,19,22-25H,17-18H2,1-6H3,(H,33,34)/t19-,22?,23?,24-,25+/m1/s1. The summed E-state index contributed by atoms with van der Waals surface area (Å²) in [4.78, 5) is 13.0. The summed E-state index contributed by atoms with van der Waals surface area (Å²) in [5, 5.41) is 4.79. The van der Waals surface area contributed by atoms with Crippen molar-refractivity contribution in [2.24, 2.45) is 5.92 Å². The van der Waals surface area contributed by atoms with Crippen molar-refractivity contribution in [3.05, 3.63) is 60.7 Å². The van der Waals surface area contributed by atoms with Gasteiger partial charge in [-0.2, -0.15) is 0 Å². The largest absolute Gasteiger partial charge is 0.445 e. The molecule has 2 unspecified atom stereocenters. The smallest absolute Gasteiger partial charge is 0.407 e. The van der Waals surface area contributed by atoms with E-state index in [0.29, 0.717) is 6.61 Å². The Morgan fingerprint density at radius 3 is 2.08 bits per heavy atom. The predicted molar refractivity (Wildman–Crippen MR) is 160 cm³/mol. The molecule has 1 N–H and O–H groups in total. The molecule has 2 fully saturated rings. The minimum Gasteiger partial charge on any atom is -0.445 e. The van der Waals surface area contributed by atoms with E-state index >= 15 is 0 Å². The monoisotopic (exact) mass is 629 g/mol. The molecular weight excluding hydrogens is 593 g/mol. The van der Waals surface area contributed by atoms with Gasteiger partial charge in [0.15, 0.2) is 12.1 Å². The molecule has 0 saturated carbocycles. The van der Waals surface area contributed by atoms with Gasteiger partial charge in [-0.3, -0.25) is 0 Å². The maximum atomic E-state index is 13.0. The van der Waals surface area contributed by atoms with Gasteiger partial charge in [0.2, 0.25) is 3.79 Å². The highest BCUT2D eigenvalue weighted by Gasteiger charge is 2.57. The van der Waals surface area contributed by atoms with Crippen LogP contribution in [0.2, 0.25) is 5.04 Å². The quantitative estimate of drug-likeness (QED) is 0.334. The van der Waals surface area contributed by atoms with Crippen LogP contribution in [0.5, 0.6) is 0 Å². The van der Waals surface area contributed by atoms with Crippen LogP contribution in [0.1, 0.15) is 41.5 Å². The van der Waals surface area contributed by atoms with Gasteiger partial charge >= 0.3 is 6.09 Å². The van der Waals surface area contributed by atoms with Crippen molar-refractivity contribution in [1.29, 1.82) is 0 Å². The Labute approximate surface area is 252 Å². The van der Waals surface area contributed by atoms with E-state index in [1.165, 1.54) is 0 Å². The molecule has 1 amide bonds. The number of fused-ring (bicyclic) bond motifs is 1. The SMILES string of the molecule is C[C@@H]1C(NC(=O)OCC(Cl)(Cl)Cl)[C@H](O[Si](c2ccccc2)(c2ccccc2)C(C)(C)C)OC2COC(C)(C)O[C@@H]21. The number of rotatable bonds is 6. The fraction of sp³-hybridized carbons (Fsp3) is 0.552. The second-order valence-electron chi connectivity index (χ2n) is 11.8. The van der Waals surface area contributed by atoms with Crippen LogP contribution in [0.15, 0.2) is 60.7 Å². The van der Waals surface area contributed by atoms with Crippen LogP contribution < -0.4 is 15.7 Å². The summed E-state index contributed by atoms with van der Waals surface area (Å²) in [5.41, 5.74) is 0. The maximum absolute atomic E-state index is 13.0. The number of alkyl halides is 3. The molecule has 40 heavy (non-hydrogen) atoms. The molecule has 2 saturated heterocycles. The highest BCUT2D eigenvalue weighted by molar-refractivity contribution is 6.99. The Morgan fingerprint density at radius 1 is 1.02 bits per heavy atom. The number of nitrogens with one attached hydrogen (secondary N) is 1. The normalized spacial score (nSPS) is 27.0. The number of hydrogen-bond donors (Lipinski definition) is 1. The molecule has 220 valence electrons. The average Bonchev–Trinajstić information content (AvgIpc) is 2.88. The van der Waals surface area contributed by atoms with Gasteiger partial charge in [-0.15, -0.1) is 0 Å². The van der Waals surface area contributed by atoms with Gasteiger partial charge in [0.25, 0.3) is 8.32 Å². The van der Waals surface area contributed by atoms with Crippen molar-refractivity contribution in [2.45, 2.75) is 80.7 Å². The molecule has 0 bridgehead atoms. The molecule has 0 aromatic heterocycles. The third kappa shape index (κ3) is 6.98. The average molecular weight is 631 g/mol. The lowest BCUT2D eigenvalue weighted by Gasteiger charge is -2.53. The summed E-state index contributed by atoms with van der Waals surface area (Å²) in [6.07, 6.45) is -2.36. The molecule has 0 radical (unpaired) electrons. The number of ether oxygens (including phenoxy) is 4. The molecular formula is C29H38Cl3NO6Si. The van der Waals surface area contributed by atoms with Crippen molar-refractivity contribution in [3.8, 4) is 0 Å². The van der Waals surface area contributed by atoms with Crippen molar-refractivity contribution in [2.75, 3.05) is 13.2 Å². The first-order chi connectivity index (χ1) is 18.6. The first-order valence-electron chi connectivity index (χ1n) is 13.4. The van der Waals surface area contributed by atoms with Crippen LogP contribution in [0.3, 0.4) is 0 Å². The van der Waals surface area contributed by atoms with Crippen LogP contribution in [0, 0.1) is 5.92 Å². The maximum Gasteiger partial charge on any atom is 0.407 e. The second kappa shape index (κ2) is 12.1. The zero-order valence-corrected chi connectivity index (χ0v) is 26.9. The Balaban J connectivity index is 1.77. The highest BCUT2D eigenvalue weighted by Crippen LogP contribution is 2.42. The first-order valence-corrected chi connectivity index (χ1v) is 16.4. The molecule has 2 aliphatic rings. The van der Waals surface area contributed by atoms with E-state index in [2.05, 4.69) is 50.4 Å². The predicted octanol–water partition coefficient (Wildman–Crippen LogP) is 5.54. The van der Waals surface area contributed by atoms with Gasteiger partial charge in [0.1, 0.15) is 12.7 Å². The van der Waals surface area contributed by atoms with E-state index in [9.17, 15) is 4.79 Å². The Morgan fingerprint density at radius 2 is 1.57 bits per heavy atom. The Kier molecular flexibility index (Phi) is 9.54. The van der Waals surface area contributed by atoms with Gasteiger partial charge in [0, 0.05) is 5.92 Å².